The molecule has 0 N–H and O–H groups in total. The lowest BCUT2D eigenvalue weighted by atomic mass is 10.2. The number of halogens is 1. The Morgan fingerprint density at radius 3 is 3.00 bits per heavy atom. The summed E-state index contributed by atoms with van der Waals surface area (Å²) in [6.07, 6.45) is 3.94. The first-order chi connectivity index (χ1) is 9.31. The maximum atomic E-state index is 9.15. The minimum absolute atomic E-state index is 0.549. The van der Waals surface area contributed by atoms with Crippen molar-refractivity contribution in [2.45, 2.75) is 19.4 Å². The quantitative estimate of drug-likeness (QED) is 0.605. The summed E-state index contributed by atoms with van der Waals surface area (Å²) in [7, 11) is 0. The van der Waals surface area contributed by atoms with E-state index in [0.717, 1.165) is 42.0 Å². The van der Waals surface area contributed by atoms with Gasteiger partial charge in [-0.25, -0.2) is 4.98 Å². The van der Waals surface area contributed by atoms with E-state index in [4.69, 9.17) is 16.9 Å². The fourth-order valence-corrected chi connectivity index (χ4v) is 2.76. The normalized spacial score (nSPS) is 10.8. The van der Waals surface area contributed by atoms with Crippen LogP contribution in [0.5, 0.6) is 0 Å². The van der Waals surface area contributed by atoms with E-state index in [-0.39, 0.29) is 0 Å². The van der Waals surface area contributed by atoms with E-state index in [1.54, 1.807) is 0 Å². The van der Waals surface area contributed by atoms with Crippen molar-refractivity contribution in [3.63, 3.8) is 0 Å². The van der Waals surface area contributed by atoms with E-state index in [9.17, 15) is 0 Å². The van der Waals surface area contributed by atoms with Gasteiger partial charge in [0, 0.05) is 18.8 Å². The summed E-state index contributed by atoms with van der Waals surface area (Å²) >= 11 is 7.69. The van der Waals surface area contributed by atoms with Crippen LogP contribution in [0.4, 0.5) is 0 Å². The van der Waals surface area contributed by atoms with Crippen molar-refractivity contribution in [2.75, 3.05) is 17.9 Å². The van der Waals surface area contributed by atoms with Crippen LogP contribution in [0.2, 0.25) is 0 Å². The van der Waals surface area contributed by atoms with Crippen LogP contribution in [0.3, 0.4) is 0 Å². The van der Waals surface area contributed by atoms with Crippen LogP contribution in [0.25, 0.3) is 11.0 Å². The Morgan fingerprint density at radius 1 is 1.47 bits per heavy atom. The number of nitriles is 1. The summed E-state index contributed by atoms with van der Waals surface area (Å²) in [4.78, 5) is 4.60. The number of hydrogen-bond acceptors (Lipinski definition) is 3. The minimum Gasteiger partial charge on any atom is -0.328 e. The van der Waals surface area contributed by atoms with E-state index in [2.05, 4.69) is 21.9 Å². The average molecular weight is 294 g/mol. The first-order valence-corrected chi connectivity index (χ1v) is 8.17. The van der Waals surface area contributed by atoms with E-state index in [1.165, 1.54) is 0 Å². The molecule has 0 aliphatic heterocycles. The molecule has 0 spiro atoms. The maximum absolute atomic E-state index is 9.15. The highest BCUT2D eigenvalue weighted by Gasteiger charge is 2.12. The lowest BCUT2D eigenvalue weighted by Gasteiger charge is -2.07. The Morgan fingerprint density at radius 2 is 2.32 bits per heavy atom. The minimum atomic E-state index is 0.549. The van der Waals surface area contributed by atoms with Crippen molar-refractivity contribution < 1.29 is 0 Å². The Hall–Kier alpha value is -1.18. The molecule has 2 rings (SSSR count). The zero-order valence-corrected chi connectivity index (χ0v) is 12.5. The van der Waals surface area contributed by atoms with Gasteiger partial charge in [0.15, 0.2) is 0 Å². The number of imidazole rings is 1. The molecule has 0 saturated carbocycles. The second-order valence-corrected chi connectivity index (χ2v) is 5.61. The Labute approximate surface area is 122 Å². The highest BCUT2D eigenvalue weighted by molar-refractivity contribution is 7.98. The second-order valence-electron chi connectivity index (χ2n) is 4.25. The molecule has 0 aliphatic carbocycles. The molecular weight excluding hydrogens is 278 g/mol. The Balaban J connectivity index is 2.45. The van der Waals surface area contributed by atoms with Gasteiger partial charge < -0.3 is 4.57 Å². The lowest BCUT2D eigenvalue weighted by Crippen LogP contribution is -2.05. The molecule has 2 aromatic rings. The van der Waals surface area contributed by atoms with Gasteiger partial charge in [0.1, 0.15) is 17.4 Å². The zero-order valence-electron chi connectivity index (χ0n) is 10.9. The summed E-state index contributed by atoms with van der Waals surface area (Å²) < 4.78 is 2.20. The van der Waals surface area contributed by atoms with Gasteiger partial charge in [0.25, 0.3) is 0 Å². The molecule has 0 fully saturated rings. The fraction of sp³-hybridized carbons (Fsp3) is 0.429. The average Bonchev–Trinajstić information content (AvgIpc) is 2.77. The zero-order chi connectivity index (χ0) is 13.7. The fourth-order valence-electron chi connectivity index (χ4n) is 2.18. The van der Waals surface area contributed by atoms with Crippen LogP contribution in [0.15, 0.2) is 18.2 Å². The van der Waals surface area contributed by atoms with Gasteiger partial charge in [-0.2, -0.15) is 17.0 Å². The lowest BCUT2D eigenvalue weighted by molar-refractivity contribution is 0.665. The van der Waals surface area contributed by atoms with Crippen LogP contribution in [-0.4, -0.2) is 27.4 Å². The van der Waals surface area contributed by atoms with Gasteiger partial charge in [-0.05, 0) is 30.6 Å². The van der Waals surface area contributed by atoms with Crippen LogP contribution in [0.1, 0.15) is 17.8 Å². The number of aromatic nitrogens is 2. The molecule has 0 aliphatic rings. The van der Waals surface area contributed by atoms with Crippen molar-refractivity contribution in [3.05, 3.63) is 29.6 Å². The predicted molar refractivity (Wildman–Crippen MR) is 81.9 cm³/mol. The summed E-state index contributed by atoms with van der Waals surface area (Å²) in [5.41, 5.74) is 2.48. The van der Waals surface area contributed by atoms with Gasteiger partial charge in [-0.15, -0.1) is 11.6 Å². The molecule has 1 heterocycles. The largest absolute Gasteiger partial charge is 0.328 e. The van der Waals surface area contributed by atoms with Gasteiger partial charge >= 0.3 is 0 Å². The molecule has 1 aromatic heterocycles. The number of thioether (sulfide) groups is 1. The highest BCUT2D eigenvalue weighted by atomic mass is 35.5. The van der Waals surface area contributed by atoms with E-state index < -0.39 is 0 Å². The number of aryl methyl sites for hydroxylation is 2. The topological polar surface area (TPSA) is 41.6 Å². The molecule has 1 aromatic carbocycles. The van der Waals surface area contributed by atoms with Crippen molar-refractivity contribution >= 4 is 34.4 Å². The third-order valence-electron chi connectivity index (χ3n) is 3.03. The molecule has 5 heteroatoms. The summed E-state index contributed by atoms with van der Waals surface area (Å²) in [6.45, 7) is 0.929. The molecule has 0 amide bonds. The van der Waals surface area contributed by atoms with Gasteiger partial charge in [-0.1, -0.05) is 6.07 Å². The molecule has 3 nitrogen and oxygen atoms in total. The van der Waals surface area contributed by atoms with E-state index in [0.29, 0.717) is 11.4 Å². The molecule has 19 heavy (non-hydrogen) atoms. The molecule has 0 unspecified atom stereocenters. The number of fused-ring (bicyclic) bond motifs is 1. The van der Waals surface area contributed by atoms with E-state index in [1.807, 2.05) is 30.0 Å². The third-order valence-corrected chi connectivity index (χ3v) is 3.91. The predicted octanol–water partition coefficient (Wildman–Crippen LogP) is 3.44. The van der Waals surface area contributed by atoms with E-state index >= 15 is 0 Å². The molecule has 0 atom stereocenters. The van der Waals surface area contributed by atoms with Crippen molar-refractivity contribution in [1.82, 2.24) is 9.55 Å². The standard InChI is InChI=1S/C14H16ClN3S/c1-19-9-3-8-18-12-5-2-4-11(10-16)14(12)17-13(18)6-7-15/h2,4-5H,3,6-9H2,1H3. The summed E-state index contributed by atoms with van der Waals surface area (Å²) in [6, 6.07) is 7.96. The van der Waals surface area contributed by atoms with Crippen molar-refractivity contribution in [1.29, 1.82) is 5.26 Å². The number of hydrogen-bond donors (Lipinski definition) is 0. The molecule has 0 bridgehead atoms. The smallest absolute Gasteiger partial charge is 0.111 e. The van der Waals surface area contributed by atoms with Crippen LogP contribution in [0, 0.1) is 11.3 Å². The van der Waals surface area contributed by atoms with Crippen LogP contribution < -0.4 is 0 Å². The summed E-state index contributed by atoms with van der Waals surface area (Å²) in [5, 5.41) is 9.15. The van der Waals surface area contributed by atoms with Gasteiger partial charge in [0.2, 0.25) is 0 Å². The Kier molecular flexibility index (Phi) is 5.12. The highest BCUT2D eigenvalue weighted by Crippen LogP contribution is 2.21. The molecular formula is C14H16ClN3S. The van der Waals surface area contributed by atoms with Gasteiger partial charge in [0.05, 0.1) is 11.1 Å². The van der Waals surface area contributed by atoms with Crippen molar-refractivity contribution in [3.8, 4) is 6.07 Å². The molecule has 0 saturated heterocycles. The van der Waals surface area contributed by atoms with Crippen LogP contribution >= 0.6 is 23.4 Å². The number of rotatable bonds is 6. The van der Waals surface area contributed by atoms with Gasteiger partial charge in [-0.3, -0.25) is 0 Å². The second kappa shape index (κ2) is 6.83. The monoisotopic (exact) mass is 293 g/mol. The third kappa shape index (κ3) is 3.05. The van der Waals surface area contributed by atoms with Crippen molar-refractivity contribution in [2.24, 2.45) is 0 Å². The Bertz CT molecular complexity index is 600. The maximum Gasteiger partial charge on any atom is 0.111 e. The first-order valence-electron chi connectivity index (χ1n) is 6.25. The number of nitrogens with zero attached hydrogens (tertiary/aromatic N) is 3. The van der Waals surface area contributed by atoms with Crippen LogP contribution in [-0.2, 0) is 13.0 Å². The molecule has 100 valence electrons. The SMILES string of the molecule is CSCCCn1c(CCCl)nc2c(C#N)cccc21. The number of benzene rings is 1. The molecule has 0 radical (unpaired) electrons. The summed E-state index contributed by atoms with van der Waals surface area (Å²) in [5.74, 6) is 2.65. The number of para-hydroxylation sites is 1. The first kappa shape index (κ1) is 14.2. The number of alkyl halides is 1.